The van der Waals surface area contributed by atoms with Gasteiger partial charge >= 0.3 is 0 Å². The Kier molecular flexibility index (Phi) is 4.14. The smallest absolute Gasteiger partial charge is 0.221 e. The van der Waals surface area contributed by atoms with Gasteiger partial charge in [0.15, 0.2) is 0 Å². The van der Waals surface area contributed by atoms with Crippen molar-refractivity contribution in [3.05, 3.63) is 29.3 Å². The fourth-order valence-electron chi connectivity index (χ4n) is 1.59. The molecule has 0 unspecified atom stereocenters. The zero-order chi connectivity index (χ0) is 12.3. The van der Waals surface area contributed by atoms with Crippen LogP contribution in [0.5, 0.6) is 0 Å². The number of hydrogen-bond donors (Lipinski definition) is 1. The maximum atomic E-state index is 11.1. The van der Waals surface area contributed by atoms with Crippen LogP contribution in [0.25, 0.3) is 0 Å². The van der Waals surface area contributed by atoms with Gasteiger partial charge in [-0.25, -0.2) is 0 Å². The predicted molar refractivity (Wildman–Crippen MR) is 72.1 cm³/mol. The molecule has 0 fully saturated rings. The third-order valence-corrected chi connectivity index (χ3v) is 3.00. The van der Waals surface area contributed by atoms with Crippen molar-refractivity contribution in [2.75, 3.05) is 5.32 Å². The van der Waals surface area contributed by atoms with Gasteiger partial charge in [0.2, 0.25) is 5.91 Å². The van der Waals surface area contributed by atoms with Crippen LogP contribution in [0.1, 0.15) is 38.8 Å². The van der Waals surface area contributed by atoms with Gasteiger partial charge in [0.25, 0.3) is 0 Å². The van der Waals surface area contributed by atoms with Gasteiger partial charge in [-0.2, -0.15) is 0 Å². The summed E-state index contributed by atoms with van der Waals surface area (Å²) in [6.07, 6.45) is 0. The van der Waals surface area contributed by atoms with E-state index in [-0.39, 0.29) is 11.3 Å². The molecule has 0 radical (unpaired) electrons. The van der Waals surface area contributed by atoms with Gasteiger partial charge in [0.1, 0.15) is 0 Å². The minimum Gasteiger partial charge on any atom is -0.326 e. The van der Waals surface area contributed by atoms with Crippen molar-refractivity contribution >= 4 is 27.5 Å². The average molecular weight is 284 g/mol. The van der Waals surface area contributed by atoms with E-state index in [0.717, 1.165) is 11.0 Å². The molecule has 1 rings (SSSR count). The van der Waals surface area contributed by atoms with E-state index < -0.39 is 0 Å². The number of benzene rings is 1. The molecule has 0 atom stereocenters. The standard InChI is InChI=1S/C13H18BrNO/c1-9(16)15-12-6-5-10(8-14)7-11(12)13(2,3)4/h5-7H,8H2,1-4H3,(H,15,16). The highest BCUT2D eigenvalue weighted by atomic mass is 79.9. The lowest BCUT2D eigenvalue weighted by atomic mass is 9.85. The van der Waals surface area contributed by atoms with Crippen LogP contribution in [-0.4, -0.2) is 5.91 Å². The molecule has 1 N–H and O–H groups in total. The van der Waals surface area contributed by atoms with Crippen LogP contribution in [-0.2, 0) is 15.5 Å². The topological polar surface area (TPSA) is 29.1 Å². The Hall–Kier alpha value is -0.830. The zero-order valence-electron chi connectivity index (χ0n) is 10.2. The molecule has 16 heavy (non-hydrogen) atoms. The largest absolute Gasteiger partial charge is 0.326 e. The zero-order valence-corrected chi connectivity index (χ0v) is 11.8. The van der Waals surface area contributed by atoms with Crippen molar-refractivity contribution in [3.8, 4) is 0 Å². The molecule has 2 nitrogen and oxygen atoms in total. The molecule has 0 heterocycles. The minimum absolute atomic E-state index is 0.0238. The van der Waals surface area contributed by atoms with Crippen molar-refractivity contribution in [1.82, 2.24) is 0 Å². The summed E-state index contributed by atoms with van der Waals surface area (Å²) in [5.41, 5.74) is 3.32. The van der Waals surface area contributed by atoms with Crippen LogP contribution in [0.4, 0.5) is 5.69 Å². The molecule has 1 aromatic carbocycles. The Balaban J connectivity index is 3.22. The first-order chi connectivity index (χ1) is 7.34. The van der Waals surface area contributed by atoms with E-state index in [1.807, 2.05) is 12.1 Å². The van der Waals surface area contributed by atoms with Gasteiger partial charge in [-0.15, -0.1) is 0 Å². The number of hydrogen-bond acceptors (Lipinski definition) is 1. The Morgan fingerprint density at radius 3 is 2.44 bits per heavy atom. The number of anilines is 1. The minimum atomic E-state index is -0.0305. The van der Waals surface area contributed by atoms with E-state index in [2.05, 4.69) is 48.1 Å². The third kappa shape index (κ3) is 3.34. The number of amides is 1. The maximum Gasteiger partial charge on any atom is 0.221 e. The first-order valence-electron chi connectivity index (χ1n) is 5.31. The average Bonchev–Trinajstić information content (AvgIpc) is 2.15. The fourth-order valence-corrected chi connectivity index (χ4v) is 1.94. The lowest BCUT2D eigenvalue weighted by Crippen LogP contribution is -2.17. The second-order valence-electron chi connectivity index (χ2n) is 4.94. The van der Waals surface area contributed by atoms with E-state index in [9.17, 15) is 4.79 Å². The molecule has 88 valence electrons. The number of carbonyl (C=O) groups excluding carboxylic acids is 1. The Morgan fingerprint density at radius 1 is 1.38 bits per heavy atom. The number of halogens is 1. The lowest BCUT2D eigenvalue weighted by Gasteiger charge is -2.23. The Bertz CT molecular complexity index is 393. The van der Waals surface area contributed by atoms with Crippen LogP contribution >= 0.6 is 15.9 Å². The molecule has 0 aliphatic carbocycles. The summed E-state index contributed by atoms with van der Waals surface area (Å²) in [5, 5.41) is 3.71. The molecule has 1 aromatic rings. The molecule has 0 spiro atoms. The first-order valence-corrected chi connectivity index (χ1v) is 6.43. The quantitative estimate of drug-likeness (QED) is 0.821. The van der Waals surface area contributed by atoms with Crippen LogP contribution in [0.15, 0.2) is 18.2 Å². The fraction of sp³-hybridized carbons (Fsp3) is 0.462. The summed E-state index contributed by atoms with van der Waals surface area (Å²) in [5.74, 6) is -0.0305. The van der Waals surface area contributed by atoms with Crippen molar-refractivity contribution in [1.29, 1.82) is 0 Å². The molecule has 0 aromatic heterocycles. The van der Waals surface area contributed by atoms with Crippen molar-refractivity contribution in [2.24, 2.45) is 0 Å². The van der Waals surface area contributed by atoms with Gasteiger partial charge in [0, 0.05) is 17.9 Å². The van der Waals surface area contributed by atoms with Gasteiger partial charge in [-0.1, -0.05) is 48.8 Å². The summed E-state index contributed by atoms with van der Waals surface area (Å²) < 4.78 is 0. The third-order valence-electron chi connectivity index (χ3n) is 2.36. The second-order valence-corrected chi connectivity index (χ2v) is 5.51. The SMILES string of the molecule is CC(=O)Nc1ccc(CBr)cc1C(C)(C)C. The number of alkyl halides is 1. The highest BCUT2D eigenvalue weighted by Crippen LogP contribution is 2.31. The van der Waals surface area contributed by atoms with E-state index in [4.69, 9.17) is 0 Å². The molecule has 0 aliphatic rings. The van der Waals surface area contributed by atoms with Crippen LogP contribution < -0.4 is 5.32 Å². The predicted octanol–water partition coefficient (Wildman–Crippen LogP) is 3.84. The number of nitrogens with one attached hydrogen (secondary N) is 1. The molecule has 1 amide bonds. The first kappa shape index (κ1) is 13.2. The van der Waals surface area contributed by atoms with E-state index in [1.165, 1.54) is 18.1 Å². The summed E-state index contributed by atoms with van der Waals surface area (Å²) in [6, 6.07) is 6.13. The Labute approximate surface area is 106 Å². The van der Waals surface area contributed by atoms with Crippen molar-refractivity contribution in [2.45, 2.75) is 38.4 Å². The van der Waals surface area contributed by atoms with Crippen LogP contribution in [0, 0.1) is 0 Å². The summed E-state index contributed by atoms with van der Waals surface area (Å²) in [4.78, 5) is 11.1. The van der Waals surface area contributed by atoms with Crippen LogP contribution in [0.2, 0.25) is 0 Å². The van der Waals surface area contributed by atoms with Gasteiger partial charge < -0.3 is 5.32 Å². The highest BCUT2D eigenvalue weighted by Gasteiger charge is 2.18. The molecule has 0 saturated heterocycles. The summed E-state index contributed by atoms with van der Waals surface area (Å²) in [7, 11) is 0. The van der Waals surface area contributed by atoms with Crippen molar-refractivity contribution < 1.29 is 4.79 Å². The normalized spacial score (nSPS) is 11.3. The number of carbonyl (C=O) groups is 1. The van der Waals surface area contributed by atoms with Crippen LogP contribution in [0.3, 0.4) is 0 Å². The highest BCUT2D eigenvalue weighted by molar-refractivity contribution is 9.08. The van der Waals surface area contributed by atoms with Gasteiger partial charge in [-0.05, 0) is 22.6 Å². The monoisotopic (exact) mass is 283 g/mol. The van der Waals surface area contributed by atoms with Crippen molar-refractivity contribution in [3.63, 3.8) is 0 Å². The molecular weight excluding hydrogens is 266 g/mol. The Morgan fingerprint density at radius 2 is 2.00 bits per heavy atom. The molecule has 3 heteroatoms. The van der Waals surface area contributed by atoms with E-state index in [1.54, 1.807) is 0 Å². The van der Waals surface area contributed by atoms with E-state index >= 15 is 0 Å². The summed E-state index contributed by atoms with van der Waals surface area (Å²) in [6.45, 7) is 7.97. The molecular formula is C13H18BrNO. The van der Waals surface area contributed by atoms with Gasteiger partial charge in [-0.3, -0.25) is 4.79 Å². The summed E-state index contributed by atoms with van der Waals surface area (Å²) >= 11 is 3.45. The second kappa shape index (κ2) is 5.00. The molecule has 0 aliphatic heterocycles. The van der Waals surface area contributed by atoms with E-state index in [0.29, 0.717) is 0 Å². The molecule has 0 saturated carbocycles. The molecule has 0 bridgehead atoms. The van der Waals surface area contributed by atoms with Gasteiger partial charge in [0.05, 0.1) is 0 Å². The number of rotatable bonds is 2. The lowest BCUT2D eigenvalue weighted by molar-refractivity contribution is -0.114. The maximum absolute atomic E-state index is 11.1.